The molecule has 1 aromatic heterocycles. The van der Waals surface area contributed by atoms with Crippen LogP contribution in [0.3, 0.4) is 0 Å². The predicted molar refractivity (Wildman–Crippen MR) is 103 cm³/mol. The number of ether oxygens (including phenoxy) is 2. The van der Waals surface area contributed by atoms with E-state index >= 15 is 0 Å². The monoisotopic (exact) mass is 392 g/mol. The number of methoxy groups -OCH3 is 1. The summed E-state index contributed by atoms with van der Waals surface area (Å²) in [6.45, 7) is 1.31. The Balaban J connectivity index is 1.30. The second-order valence-corrected chi connectivity index (χ2v) is 7.08. The zero-order valence-corrected chi connectivity index (χ0v) is 15.9. The maximum Gasteiger partial charge on any atom is 0.228 e. The number of aromatic nitrogens is 1. The fourth-order valence-electron chi connectivity index (χ4n) is 3.52. The molecule has 29 heavy (non-hydrogen) atoms. The molecule has 2 aliphatic heterocycles. The minimum atomic E-state index is -0.349. The molecule has 0 N–H and O–H groups in total. The van der Waals surface area contributed by atoms with Crippen LogP contribution < -0.4 is 14.4 Å². The van der Waals surface area contributed by atoms with Crippen LogP contribution in [0.25, 0.3) is 0 Å². The zero-order valence-electron chi connectivity index (χ0n) is 15.9. The van der Waals surface area contributed by atoms with Crippen molar-refractivity contribution in [1.29, 1.82) is 5.26 Å². The Hall–Kier alpha value is -3.60. The lowest BCUT2D eigenvalue weighted by molar-refractivity contribution is -0.144. The maximum absolute atomic E-state index is 12.8. The van der Waals surface area contributed by atoms with Gasteiger partial charge in [-0.05, 0) is 30.3 Å². The summed E-state index contributed by atoms with van der Waals surface area (Å²) in [5.74, 6) is 0.725. The SMILES string of the molecule is COc1ccc(N2CC(C(=O)N3CC(Oc4ccc(C#N)cn4)C3)CC2=O)cc1. The van der Waals surface area contributed by atoms with Crippen molar-refractivity contribution in [3.8, 4) is 17.7 Å². The van der Waals surface area contributed by atoms with E-state index in [2.05, 4.69) is 4.98 Å². The van der Waals surface area contributed by atoms with Crippen molar-refractivity contribution in [1.82, 2.24) is 9.88 Å². The van der Waals surface area contributed by atoms with Gasteiger partial charge in [-0.25, -0.2) is 4.98 Å². The average molecular weight is 392 g/mol. The first-order valence-corrected chi connectivity index (χ1v) is 9.33. The van der Waals surface area contributed by atoms with Crippen LogP contribution in [0.15, 0.2) is 42.6 Å². The summed E-state index contributed by atoms with van der Waals surface area (Å²) in [4.78, 5) is 32.6. The van der Waals surface area contributed by atoms with Gasteiger partial charge in [-0.15, -0.1) is 0 Å². The first-order chi connectivity index (χ1) is 14.1. The molecule has 2 saturated heterocycles. The second-order valence-electron chi connectivity index (χ2n) is 7.08. The van der Waals surface area contributed by atoms with Crippen LogP contribution >= 0.6 is 0 Å². The molecule has 2 fully saturated rings. The third-order valence-electron chi connectivity index (χ3n) is 5.17. The highest BCUT2D eigenvalue weighted by Gasteiger charge is 2.41. The van der Waals surface area contributed by atoms with Gasteiger partial charge in [0, 0.05) is 30.9 Å². The molecule has 0 radical (unpaired) electrons. The number of likely N-dealkylation sites (tertiary alicyclic amines) is 1. The van der Waals surface area contributed by atoms with Crippen LogP contribution in [-0.2, 0) is 9.59 Å². The number of pyridine rings is 1. The van der Waals surface area contributed by atoms with Crippen LogP contribution in [0, 0.1) is 17.2 Å². The normalized spacial score (nSPS) is 18.9. The number of nitriles is 1. The number of hydrogen-bond acceptors (Lipinski definition) is 6. The topological polar surface area (TPSA) is 95.8 Å². The standard InChI is InChI=1S/C21H20N4O4/c1-28-17-5-3-16(4-6-17)25-11-15(8-20(25)26)21(27)24-12-18(13-24)29-19-7-2-14(9-22)10-23-19/h2-7,10,15,18H,8,11-13H2,1H3. The minimum absolute atomic E-state index is 0.0259. The molecule has 8 nitrogen and oxygen atoms in total. The Morgan fingerprint density at radius 2 is 1.93 bits per heavy atom. The van der Waals surface area contributed by atoms with E-state index in [4.69, 9.17) is 14.7 Å². The Morgan fingerprint density at radius 1 is 1.17 bits per heavy atom. The van der Waals surface area contributed by atoms with Gasteiger partial charge in [0.2, 0.25) is 17.7 Å². The molecule has 0 saturated carbocycles. The minimum Gasteiger partial charge on any atom is -0.497 e. The number of benzene rings is 1. The summed E-state index contributed by atoms with van der Waals surface area (Å²) < 4.78 is 10.9. The van der Waals surface area contributed by atoms with Crippen molar-refractivity contribution in [2.45, 2.75) is 12.5 Å². The van der Waals surface area contributed by atoms with E-state index in [9.17, 15) is 9.59 Å². The van der Waals surface area contributed by atoms with Gasteiger partial charge < -0.3 is 19.3 Å². The smallest absolute Gasteiger partial charge is 0.228 e. The largest absolute Gasteiger partial charge is 0.497 e. The highest BCUT2D eigenvalue weighted by atomic mass is 16.5. The Bertz CT molecular complexity index is 946. The lowest BCUT2D eigenvalue weighted by Gasteiger charge is -2.39. The van der Waals surface area contributed by atoms with E-state index in [0.29, 0.717) is 31.1 Å². The van der Waals surface area contributed by atoms with E-state index in [1.165, 1.54) is 6.20 Å². The van der Waals surface area contributed by atoms with Crippen molar-refractivity contribution >= 4 is 17.5 Å². The van der Waals surface area contributed by atoms with Gasteiger partial charge >= 0.3 is 0 Å². The zero-order chi connectivity index (χ0) is 20.4. The third-order valence-corrected chi connectivity index (χ3v) is 5.17. The predicted octanol–water partition coefficient (Wildman–Crippen LogP) is 1.60. The van der Waals surface area contributed by atoms with Gasteiger partial charge in [0.25, 0.3) is 0 Å². The number of carbonyl (C=O) groups excluding carboxylic acids is 2. The van der Waals surface area contributed by atoms with E-state index in [1.807, 2.05) is 18.2 Å². The quantitative estimate of drug-likeness (QED) is 0.767. The van der Waals surface area contributed by atoms with Gasteiger partial charge in [-0.1, -0.05) is 0 Å². The van der Waals surface area contributed by atoms with Crippen molar-refractivity contribution in [2.24, 2.45) is 5.92 Å². The van der Waals surface area contributed by atoms with Gasteiger partial charge in [0.05, 0.1) is 31.7 Å². The Kier molecular flexibility index (Phi) is 5.04. The number of amides is 2. The summed E-state index contributed by atoms with van der Waals surface area (Å²) in [6.07, 6.45) is 1.54. The number of anilines is 1. The number of nitrogens with zero attached hydrogens (tertiary/aromatic N) is 4. The number of rotatable bonds is 5. The number of carbonyl (C=O) groups is 2. The first kappa shape index (κ1) is 18.7. The highest BCUT2D eigenvalue weighted by molar-refractivity contribution is 6.00. The van der Waals surface area contributed by atoms with Crippen LogP contribution in [0.4, 0.5) is 5.69 Å². The molecule has 1 aromatic carbocycles. The molecule has 1 unspecified atom stereocenters. The fourth-order valence-corrected chi connectivity index (χ4v) is 3.52. The fraction of sp³-hybridized carbons (Fsp3) is 0.333. The molecular formula is C21H20N4O4. The molecule has 148 valence electrons. The molecule has 2 aliphatic rings. The van der Waals surface area contributed by atoms with Crippen LogP contribution in [-0.4, -0.2) is 54.5 Å². The van der Waals surface area contributed by atoms with E-state index in [0.717, 1.165) is 11.4 Å². The molecule has 0 bridgehead atoms. The van der Waals surface area contributed by atoms with Gasteiger partial charge in [0.15, 0.2) is 0 Å². The summed E-state index contributed by atoms with van der Waals surface area (Å²) in [6, 6.07) is 12.5. The van der Waals surface area contributed by atoms with Crippen molar-refractivity contribution in [3.63, 3.8) is 0 Å². The van der Waals surface area contributed by atoms with Crippen molar-refractivity contribution in [2.75, 3.05) is 31.6 Å². The molecule has 0 spiro atoms. The van der Waals surface area contributed by atoms with Gasteiger partial charge in [-0.3, -0.25) is 9.59 Å². The molecule has 2 aromatic rings. The molecule has 8 heteroatoms. The Labute approximate surface area is 168 Å². The third kappa shape index (κ3) is 3.85. The van der Waals surface area contributed by atoms with Crippen molar-refractivity contribution < 1.29 is 19.1 Å². The van der Waals surface area contributed by atoms with Crippen LogP contribution in [0.1, 0.15) is 12.0 Å². The highest BCUT2D eigenvalue weighted by Crippen LogP contribution is 2.29. The van der Waals surface area contributed by atoms with Crippen molar-refractivity contribution in [3.05, 3.63) is 48.2 Å². The van der Waals surface area contributed by atoms with E-state index < -0.39 is 0 Å². The van der Waals surface area contributed by atoms with Crippen LogP contribution in [0.5, 0.6) is 11.6 Å². The second kappa shape index (κ2) is 7.80. The van der Waals surface area contributed by atoms with Crippen LogP contribution in [0.2, 0.25) is 0 Å². The van der Waals surface area contributed by atoms with E-state index in [-0.39, 0.29) is 30.3 Å². The van der Waals surface area contributed by atoms with Gasteiger partial charge in [0.1, 0.15) is 17.9 Å². The molecule has 0 aliphatic carbocycles. The molecule has 2 amide bonds. The molecular weight excluding hydrogens is 372 g/mol. The first-order valence-electron chi connectivity index (χ1n) is 9.33. The summed E-state index contributed by atoms with van der Waals surface area (Å²) >= 11 is 0. The average Bonchev–Trinajstić information content (AvgIpc) is 3.12. The van der Waals surface area contributed by atoms with Gasteiger partial charge in [-0.2, -0.15) is 5.26 Å². The summed E-state index contributed by atoms with van der Waals surface area (Å²) in [5.41, 5.74) is 1.23. The summed E-state index contributed by atoms with van der Waals surface area (Å²) in [5, 5.41) is 8.79. The lowest BCUT2D eigenvalue weighted by Crippen LogP contribution is -2.57. The summed E-state index contributed by atoms with van der Waals surface area (Å²) in [7, 11) is 1.59. The van der Waals surface area contributed by atoms with E-state index in [1.54, 1.807) is 41.2 Å². The number of hydrogen-bond donors (Lipinski definition) is 0. The Morgan fingerprint density at radius 3 is 2.55 bits per heavy atom. The maximum atomic E-state index is 12.8. The molecule has 3 heterocycles. The molecule has 4 rings (SSSR count). The molecule has 1 atom stereocenters. The lowest BCUT2D eigenvalue weighted by atomic mass is 10.0.